The minimum absolute atomic E-state index is 0.139. The van der Waals surface area contributed by atoms with Crippen molar-refractivity contribution in [2.45, 2.75) is 96.8 Å². The molecule has 4 heteroatoms. The fraction of sp³-hybridized carbons (Fsp3) is 0.708. The van der Waals surface area contributed by atoms with Crippen LogP contribution in [-0.2, 0) is 0 Å². The van der Waals surface area contributed by atoms with Gasteiger partial charge in [-0.1, -0.05) is 90.4 Å². The maximum atomic E-state index is 11.8. The summed E-state index contributed by atoms with van der Waals surface area (Å²) in [6.45, 7) is 3.01. The molecule has 0 aromatic heterocycles. The van der Waals surface area contributed by atoms with E-state index in [0.717, 1.165) is 24.4 Å². The van der Waals surface area contributed by atoms with Gasteiger partial charge in [-0.05, 0) is 30.7 Å². The van der Waals surface area contributed by atoms with Crippen LogP contribution in [0.5, 0.6) is 5.75 Å². The zero-order chi connectivity index (χ0) is 20.3. The monoisotopic (exact) mass is 390 g/mol. The molecule has 0 heterocycles. The van der Waals surface area contributed by atoms with E-state index in [1.807, 2.05) is 24.3 Å². The number of hydrogen-bond acceptors (Lipinski definition) is 2. The molecule has 0 spiro atoms. The minimum atomic E-state index is -0.139. The molecule has 0 fully saturated rings. The second kappa shape index (κ2) is 17.4. The highest BCUT2D eigenvalue weighted by atomic mass is 16.5. The molecular weight excluding hydrogens is 348 g/mol. The van der Waals surface area contributed by atoms with Crippen LogP contribution in [0.25, 0.3) is 0 Å². The topological polar surface area (TPSA) is 50.4 Å². The van der Waals surface area contributed by atoms with Gasteiger partial charge in [-0.15, -0.1) is 0 Å². The highest BCUT2D eigenvalue weighted by Crippen LogP contribution is 2.15. The van der Waals surface area contributed by atoms with Gasteiger partial charge < -0.3 is 15.4 Å². The molecule has 160 valence electrons. The summed E-state index contributed by atoms with van der Waals surface area (Å²) in [4.78, 5) is 11.8. The summed E-state index contributed by atoms with van der Waals surface area (Å²) in [5.74, 6) is 0.786. The Morgan fingerprint density at radius 3 is 1.68 bits per heavy atom. The van der Waals surface area contributed by atoms with Crippen molar-refractivity contribution >= 4 is 11.7 Å². The first-order chi connectivity index (χ1) is 13.8. The highest BCUT2D eigenvalue weighted by molar-refractivity contribution is 5.89. The summed E-state index contributed by atoms with van der Waals surface area (Å²) in [7, 11) is 1.63. The zero-order valence-corrected chi connectivity index (χ0v) is 18.2. The third kappa shape index (κ3) is 13.5. The molecule has 0 radical (unpaired) electrons. The molecule has 28 heavy (non-hydrogen) atoms. The maximum Gasteiger partial charge on any atom is 0.319 e. The molecule has 0 bridgehead atoms. The summed E-state index contributed by atoms with van der Waals surface area (Å²) >= 11 is 0. The van der Waals surface area contributed by atoms with Crippen molar-refractivity contribution in [2.75, 3.05) is 19.0 Å². The minimum Gasteiger partial charge on any atom is -0.497 e. The Morgan fingerprint density at radius 1 is 0.750 bits per heavy atom. The van der Waals surface area contributed by atoms with Crippen molar-refractivity contribution in [3.8, 4) is 5.75 Å². The summed E-state index contributed by atoms with van der Waals surface area (Å²) in [5, 5.41) is 5.76. The van der Waals surface area contributed by atoms with Crippen LogP contribution in [0, 0.1) is 0 Å². The molecule has 0 aliphatic rings. The smallest absolute Gasteiger partial charge is 0.319 e. The first-order valence-electron chi connectivity index (χ1n) is 11.4. The molecule has 1 aromatic carbocycles. The van der Waals surface area contributed by atoms with Crippen molar-refractivity contribution in [1.82, 2.24) is 5.32 Å². The van der Waals surface area contributed by atoms with E-state index in [1.165, 1.54) is 83.5 Å². The quantitative estimate of drug-likeness (QED) is 0.274. The molecule has 0 saturated carbocycles. The number of carbonyl (C=O) groups excluding carboxylic acids is 1. The SMILES string of the molecule is CCCCCCCCCCCCCCCCNC(=O)Nc1ccc(OC)cc1. The number of methoxy groups -OCH3 is 1. The van der Waals surface area contributed by atoms with Gasteiger partial charge in [-0.2, -0.15) is 0 Å². The van der Waals surface area contributed by atoms with Crippen LogP contribution in [0.15, 0.2) is 24.3 Å². The second-order valence-electron chi connectivity index (χ2n) is 7.71. The van der Waals surface area contributed by atoms with Crippen LogP contribution in [-0.4, -0.2) is 19.7 Å². The Kier molecular flexibility index (Phi) is 15.1. The lowest BCUT2D eigenvalue weighted by Gasteiger charge is -2.08. The van der Waals surface area contributed by atoms with Gasteiger partial charge in [-0.25, -0.2) is 4.79 Å². The predicted octanol–water partition coefficient (Wildman–Crippen LogP) is 7.30. The number of rotatable bonds is 17. The molecule has 0 aliphatic carbocycles. The van der Waals surface area contributed by atoms with Crippen LogP contribution < -0.4 is 15.4 Å². The number of carbonyl (C=O) groups is 1. The third-order valence-corrected chi connectivity index (χ3v) is 5.16. The van der Waals surface area contributed by atoms with E-state index in [9.17, 15) is 4.79 Å². The maximum absolute atomic E-state index is 11.8. The van der Waals surface area contributed by atoms with E-state index in [0.29, 0.717) is 0 Å². The molecule has 0 unspecified atom stereocenters. The number of unbranched alkanes of at least 4 members (excludes halogenated alkanes) is 13. The number of urea groups is 1. The van der Waals surface area contributed by atoms with Gasteiger partial charge in [0.2, 0.25) is 0 Å². The van der Waals surface area contributed by atoms with E-state index >= 15 is 0 Å². The molecule has 1 aromatic rings. The summed E-state index contributed by atoms with van der Waals surface area (Å²) in [6.07, 6.45) is 18.9. The van der Waals surface area contributed by atoms with Crippen LogP contribution in [0.1, 0.15) is 96.8 Å². The lowest BCUT2D eigenvalue weighted by molar-refractivity contribution is 0.252. The fourth-order valence-electron chi connectivity index (χ4n) is 3.37. The number of nitrogens with one attached hydrogen (secondary N) is 2. The summed E-state index contributed by atoms with van der Waals surface area (Å²) in [6, 6.07) is 7.21. The van der Waals surface area contributed by atoms with Crippen LogP contribution >= 0.6 is 0 Å². The molecule has 0 aliphatic heterocycles. The Hall–Kier alpha value is -1.71. The lowest BCUT2D eigenvalue weighted by atomic mass is 10.0. The van der Waals surface area contributed by atoms with Crippen molar-refractivity contribution in [3.63, 3.8) is 0 Å². The molecular formula is C24H42N2O2. The van der Waals surface area contributed by atoms with Crippen molar-refractivity contribution in [1.29, 1.82) is 0 Å². The van der Waals surface area contributed by atoms with Crippen molar-refractivity contribution in [2.24, 2.45) is 0 Å². The molecule has 2 amide bonds. The van der Waals surface area contributed by atoms with E-state index in [-0.39, 0.29) is 6.03 Å². The molecule has 2 N–H and O–H groups in total. The third-order valence-electron chi connectivity index (χ3n) is 5.16. The Labute approximate surface area is 172 Å². The van der Waals surface area contributed by atoms with Crippen molar-refractivity contribution in [3.05, 3.63) is 24.3 Å². The Balaban J connectivity index is 1.84. The van der Waals surface area contributed by atoms with E-state index in [4.69, 9.17) is 4.74 Å². The van der Waals surface area contributed by atoms with Gasteiger partial charge in [0.15, 0.2) is 0 Å². The van der Waals surface area contributed by atoms with Crippen LogP contribution in [0.4, 0.5) is 10.5 Å². The number of benzene rings is 1. The summed E-state index contributed by atoms with van der Waals surface area (Å²) < 4.78 is 5.11. The first kappa shape index (κ1) is 24.3. The zero-order valence-electron chi connectivity index (χ0n) is 18.2. The normalized spacial score (nSPS) is 10.6. The van der Waals surface area contributed by atoms with Gasteiger partial charge in [0.25, 0.3) is 0 Å². The number of ether oxygens (including phenoxy) is 1. The predicted molar refractivity (Wildman–Crippen MR) is 120 cm³/mol. The van der Waals surface area contributed by atoms with E-state index in [1.54, 1.807) is 7.11 Å². The standard InChI is InChI=1S/C24H42N2O2/c1-3-4-5-6-7-8-9-10-11-12-13-14-15-16-21-25-24(27)26-22-17-19-23(28-2)20-18-22/h17-20H,3-16,21H2,1-2H3,(H2,25,26,27). The largest absolute Gasteiger partial charge is 0.497 e. The van der Waals surface area contributed by atoms with Gasteiger partial charge >= 0.3 is 6.03 Å². The van der Waals surface area contributed by atoms with Gasteiger partial charge in [-0.3, -0.25) is 0 Å². The van der Waals surface area contributed by atoms with Crippen LogP contribution in [0.3, 0.4) is 0 Å². The van der Waals surface area contributed by atoms with Crippen LogP contribution in [0.2, 0.25) is 0 Å². The highest BCUT2D eigenvalue weighted by Gasteiger charge is 2.01. The number of hydrogen-bond donors (Lipinski definition) is 2. The Morgan fingerprint density at radius 2 is 1.21 bits per heavy atom. The average molecular weight is 391 g/mol. The summed E-state index contributed by atoms with van der Waals surface area (Å²) in [5.41, 5.74) is 0.777. The van der Waals surface area contributed by atoms with Crippen molar-refractivity contribution < 1.29 is 9.53 Å². The Bertz CT molecular complexity index is 488. The second-order valence-corrected chi connectivity index (χ2v) is 7.71. The lowest BCUT2D eigenvalue weighted by Crippen LogP contribution is -2.29. The molecule has 0 atom stereocenters. The van der Waals surface area contributed by atoms with E-state index < -0.39 is 0 Å². The van der Waals surface area contributed by atoms with Gasteiger partial charge in [0.1, 0.15) is 5.75 Å². The number of amides is 2. The molecule has 0 saturated heterocycles. The number of anilines is 1. The van der Waals surface area contributed by atoms with Gasteiger partial charge in [0, 0.05) is 12.2 Å². The van der Waals surface area contributed by atoms with E-state index in [2.05, 4.69) is 17.6 Å². The first-order valence-corrected chi connectivity index (χ1v) is 11.4. The van der Waals surface area contributed by atoms with Gasteiger partial charge in [0.05, 0.1) is 7.11 Å². The molecule has 1 rings (SSSR count). The molecule has 4 nitrogen and oxygen atoms in total. The fourth-order valence-corrected chi connectivity index (χ4v) is 3.37. The average Bonchev–Trinajstić information content (AvgIpc) is 2.71.